The molecule has 122 valence electrons. The number of rotatable bonds is 4. The Hall–Kier alpha value is -2.28. The molecule has 0 unspecified atom stereocenters. The zero-order valence-electron chi connectivity index (χ0n) is 13.1. The summed E-state index contributed by atoms with van der Waals surface area (Å²) in [4.78, 5) is 18.0. The van der Waals surface area contributed by atoms with Gasteiger partial charge in [-0.05, 0) is 37.8 Å². The molecular formula is C16H19N3O3S. The highest BCUT2D eigenvalue weighted by atomic mass is 32.1. The molecular weight excluding hydrogens is 314 g/mol. The van der Waals surface area contributed by atoms with Crippen molar-refractivity contribution in [1.29, 1.82) is 0 Å². The Balaban J connectivity index is 1.71. The number of hydrogen-bond donors (Lipinski definition) is 2. The van der Waals surface area contributed by atoms with E-state index in [-0.39, 0.29) is 6.03 Å². The van der Waals surface area contributed by atoms with Crippen molar-refractivity contribution < 1.29 is 14.3 Å². The van der Waals surface area contributed by atoms with E-state index in [0.29, 0.717) is 22.3 Å². The van der Waals surface area contributed by atoms with Crippen LogP contribution in [-0.4, -0.2) is 25.2 Å². The molecule has 1 aliphatic rings. The molecule has 2 N–H and O–H groups in total. The van der Waals surface area contributed by atoms with Gasteiger partial charge in [-0.3, -0.25) is 5.32 Å². The van der Waals surface area contributed by atoms with Crippen LogP contribution < -0.4 is 20.1 Å². The van der Waals surface area contributed by atoms with Gasteiger partial charge in [0.15, 0.2) is 16.6 Å². The van der Waals surface area contributed by atoms with Crippen LogP contribution in [0.2, 0.25) is 0 Å². The molecule has 0 spiro atoms. The van der Waals surface area contributed by atoms with Gasteiger partial charge in [0.2, 0.25) is 0 Å². The first-order chi connectivity index (χ1) is 11.2. The van der Waals surface area contributed by atoms with E-state index in [9.17, 15) is 4.79 Å². The predicted octanol–water partition coefficient (Wildman–Crippen LogP) is 3.68. The second kappa shape index (κ2) is 6.87. The number of urea groups is 1. The number of amides is 2. The lowest BCUT2D eigenvalue weighted by Gasteiger charge is -2.13. The van der Waals surface area contributed by atoms with Gasteiger partial charge in [-0.1, -0.05) is 6.07 Å². The Bertz CT molecular complexity index is 691. The summed E-state index contributed by atoms with van der Waals surface area (Å²) in [6.45, 7) is 0. The van der Waals surface area contributed by atoms with Gasteiger partial charge in [-0.25, -0.2) is 9.78 Å². The van der Waals surface area contributed by atoms with Crippen LogP contribution in [0.4, 0.5) is 15.6 Å². The first-order valence-electron chi connectivity index (χ1n) is 7.49. The Morgan fingerprint density at radius 2 is 2.00 bits per heavy atom. The number of fused-ring (bicyclic) bond motifs is 1. The number of aryl methyl sites for hydroxylation is 2. The lowest BCUT2D eigenvalue weighted by Crippen LogP contribution is -2.19. The van der Waals surface area contributed by atoms with Gasteiger partial charge in [0.1, 0.15) is 0 Å². The number of hydrogen-bond acceptors (Lipinski definition) is 5. The third kappa shape index (κ3) is 3.39. The Kier molecular flexibility index (Phi) is 4.66. The standard InChI is InChI=1S/C16H19N3O3S/c1-21-12-8-5-7-11(14(12)22-2)17-15(20)19-16-18-10-6-3-4-9-13(10)23-16/h5,7-8H,3-4,6,9H2,1-2H3,(H2,17,18,19,20). The van der Waals surface area contributed by atoms with Crippen molar-refractivity contribution in [2.75, 3.05) is 24.9 Å². The number of thiazole rings is 1. The summed E-state index contributed by atoms with van der Waals surface area (Å²) in [6.07, 6.45) is 4.42. The van der Waals surface area contributed by atoms with Gasteiger partial charge in [0.05, 0.1) is 25.6 Å². The molecule has 0 saturated heterocycles. The minimum Gasteiger partial charge on any atom is -0.493 e. The topological polar surface area (TPSA) is 72.5 Å². The monoisotopic (exact) mass is 333 g/mol. The van der Waals surface area contributed by atoms with Crippen LogP contribution in [0.1, 0.15) is 23.4 Å². The first-order valence-corrected chi connectivity index (χ1v) is 8.30. The van der Waals surface area contributed by atoms with Gasteiger partial charge < -0.3 is 14.8 Å². The van der Waals surface area contributed by atoms with Crippen LogP contribution in [0.5, 0.6) is 11.5 Å². The summed E-state index contributed by atoms with van der Waals surface area (Å²) < 4.78 is 10.5. The van der Waals surface area contributed by atoms with Crippen LogP contribution in [-0.2, 0) is 12.8 Å². The lowest BCUT2D eigenvalue weighted by atomic mass is 10.0. The average Bonchev–Trinajstić information content (AvgIpc) is 2.96. The number of methoxy groups -OCH3 is 2. The van der Waals surface area contributed by atoms with Crippen molar-refractivity contribution in [2.45, 2.75) is 25.7 Å². The lowest BCUT2D eigenvalue weighted by molar-refractivity contribution is 0.262. The predicted molar refractivity (Wildman–Crippen MR) is 90.9 cm³/mol. The summed E-state index contributed by atoms with van der Waals surface area (Å²) >= 11 is 1.55. The number of carbonyl (C=O) groups excluding carboxylic acids is 1. The molecule has 2 amide bonds. The van der Waals surface area contributed by atoms with Crippen LogP contribution >= 0.6 is 11.3 Å². The van der Waals surface area contributed by atoms with E-state index in [1.165, 1.54) is 24.8 Å². The van der Waals surface area contributed by atoms with E-state index >= 15 is 0 Å². The highest BCUT2D eigenvalue weighted by Gasteiger charge is 2.17. The van der Waals surface area contributed by atoms with Crippen LogP contribution in [0.15, 0.2) is 18.2 Å². The van der Waals surface area contributed by atoms with Gasteiger partial charge in [0, 0.05) is 4.88 Å². The summed E-state index contributed by atoms with van der Waals surface area (Å²) in [7, 11) is 3.09. The number of anilines is 2. The molecule has 1 heterocycles. The minimum atomic E-state index is -0.345. The maximum Gasteiger partial charge on any atom is 0.325 e. The number of nitrogens with one attached hydrogen (secondary N) is 2. The molecule has 23 heavy (non-hydrogen) atoms. The van der Waals surface area contributed by atoms with E-state index in [4.69, 9.17) is 9.47 Å². The van der Waals surface area contributed by atoms with E-state index < -0.39 is 0 Å². The number of benzene rings is 1. The molecule has 3 rings (SSSR count). The van der Waals surface area contributed by atoms with E-state index in [2.05, 4.69) is 15.6 Å². The van der Waals surface area contributed by atoms with Crippen LogP contribution in [0, 0.1) is 0 Å². The van der Waals surface area contributed by atoms with E-state index in [0.717, 1.165) is 18.5 Å². The Labute approximate surface area is 138 Å². The molecule has 0 aliphatic heterocycles. The quantitative estimate of drug-likeness (QED) is 0.895. The molecule has 6 nitrogen and oxygen atoms in total. The number of aromatic nitrogens is 1. The summed E-state index contributed by atoms with van der Waals surface area (Å²) in [5.74, 6) is 1.05. The molecule has 0 saturated carbocycles. The van der Waals surface area contributed by atoms with Crippen molar-refractivity contribution in [3.05, 3.63) is 28.8 Å². The fourth-order valence-corrected chi connectivity index (χ4v) is 3.69. The van der Waals surface area contributed by atoms with Gasteiger partial charge in [-0.15, -0.1) is 11.3 Å². The second-order valence-electron chi connectivity index (χ2n) is 5.22. The van der Waals surface area contributed by atoms with Gasteiger partial charge in [-0.2, -0.15) is 0 Å². The van der Waals surface area contributed by atoms with Crippen LogP contribution in [0.3, 0.4) is 0 Å². The molecule has 1 aromatic heterocycles. The maximum absolute atomic E-state index is 12.2. The van der Waals surface area contributed by atoms with E-state index in [1.807, 2.05) is 0 Å². The highest BCUT2D eigenvalue weighted by molar-refractivity contribution is 7.15. The molecule has 1 aliphatic carbocycles. The molecule has 2 aromatic rings. The van der Waals surface area contributed by atoms with Crippen molar-refractivity contribution in [3.8, 4) is 11.5 Å². The molecule has 7 heteroatoms. The van der Waals surface area contributed by atoms with E-state index in [1.54, 1.807) is 36.6 Å². The van der Waals surface area contributed by atoms with Crippen molar-refractivity contribution in [3.63, 3.8) is 0 Å². The number of carbonyl (C=O) groups is 1. The molecule has 1 aromatic carbocycles. The minimum absolute atomic E-state index is 0.345. The Morgan fingerprint density at radius 3 is 2.74 bits per heavy atom. The fraction of sp³-hybridized carbons (Fsp3) is 0.375. The fourth-order valence-electron chi connectivity index (χ4n) is 2.64. The highest BCUT2D eigenvalue weighted by Crippen LogP contribution is 2.35. The summed E-state index contributed by atoms with van der Waals surface area (Å²) in [5.41, 5.74) is 1.67. The maximum atomic E-state index is 12.2. The number of ether oxygens (including phenoxy) is 2. The van der Waals surface area contributed by atoms with Gasteiger partial charge >= 0.3 is 6.03 Å². The molecule has 0 atom stereocenters. The van der Waals surface area contributed by atoms with Crippen molar-refractivity contribution in [1.82, 2.24) is 4.98 Å². The largest absolute Gasteiger partial charge is 0.493 e. The molecule has 0 bridgehead atoms. The van der Waals surface area contributed by atoms with Crippen molar-refractivity contribution >= 4 is 28.2 Å². The first kappa shape index (κ1) is 15.6. The number of para-hydroxylation sites is 1. The third-order valence-electron chi connectivity index (χ3n) is 3.72. The van der Waals surface area contributed by atoms with Crippen molar-refractivity contribution in [2.24, 2.45) is 0 Å². The van der Waals surface area contributed by atoms with Crippen LogP contribution in [0.25, 0.3) is 0 Å². The summed E-state index contributed by atoms with van der Waals surface area (Å²) in [6, 6.07) is 4.98. The Morgan fingerprint density at radius 1 is 1.17 bits per heavy atom. The third-order valence-corrected chi connectivity index (χ3v) is 4.79. The second-order valence-corrected chi connectivity index (χ2v) is 6.30. The molecule has 0 radical (unpaired) electrons. The zero-order chi connectivity index (χ0) is 16.2. The average molecular weight is 333 g/mol. The normalized spacial score (nSPS) is 13.1. The summed E-state index contributed by atoms with van der Waals surface area (Å²) in [5, 5.41) is 6.21. The zero-order valence-corrected chi connectivity index (χ0v) is 14.0. The van der Waals surface area contributed by atoms with Gasteiger partial charge in [0.25, 0.3) is 0 Å². The molecule has 0 fully saturated rings. The smallest absolute Gasteiger partial charge is 0.325 e. The SMILES string of the molecule is COc1cccc(NC(=O)Nc2nc3c(s2)CCCC3)c1OC. The number of nitrogens with zero attached hydrogens (tertiary/aromatic N) is 1.